The van der Waals surface area contributed by atoms with Crippen molar-refractivity contribution in [3.8, 4) is 0 Å². The Morgan fingerprint density at radius 1 is 1.22 bits per heavy atom. The molecule has 0 radical (unpaired) electrons. The second-order valence-corrected chi connectivity index (χ2v) is 8.86. The molecule has 6 nitrogen and oxygen atoms in total. The van der Waals surface area contributed by atoms with Crippen LogP contribution in [0.5, 0.6) is 0 Å². The fourth-order valence-corrected chi connectivity index (χ4v) is 5.09. The van der Waals surface area contributed by atoms with Gasteiger partial charge >= 0.3 is 0 Å². The zero-order valence-electron chi connectivity index (χ0n) is 14.9. The van der Waals surface area contributed by atoms with Crippen LogP contribution in [0.3, 0.4) is 0 Å². The summed E-state index contributed by atoms with van der Waals surface area (Å²) < 4.78 is 25.2. The molecule has 3 rings (SSSR count). The number of sulfonamides is 1. The van der Waals surface area contributed by atoms with Crippen LogP contribution >= 0.6 is 11.6 Å². The molecule has 0 aliphatic carbocycles. The highest BCUT2D eigenvalue weighted by Crippen LogP contribution is 2.31. The Labute approximate surface area is 163 Å². The van der Waals surface area contributed by atoms with Crippen molar-refractivity contribution in [1.82, 2.24) is 4.90 Å². The summed E-state index contributed by atoms with van der Waals surface area (Å²) in [6.45, 7) is 1.98. The van der Waals surface area contributed by atoms with E-state index in [4.69, 9.17) is 11.6 Å². The van der Waals surface area contributed by atoms with Crippen LogP contribution in [0.25, 0.3) is 0 Å². The van der Waals surface area contributed by atoms with E-state index in [2.05, 4.69) is 0 Å². The van der Waals surface area contributed by atoms with Gasteiger partial charge in [-0.3, -0.25) is 9.59 Å². The van der Waals surface area contributed by atoms with Crippen LogP contribution in [0.1, 0.15) is 22.8 Å². The molecule has 1 aliphatic rings. The van der Waals surface area contributed by atoms with E-state index in [0.717, 1.165) is 9.87 Å². The van der Waals surface area contributed by atoms with Gasteiger partial charge in [-0.05, 0) is 23.8 Å². The lowest BCUT2D eigenvalue weighted by Crippen LogP contribution is -2.30. The average molecular weight is 407 g/mol. The normalized spacial score (nSPS) is 18.6. The molecular weight excluding hydrogens is 388 g/mol. The van der Waals surface area contributed by atoms with E-state index in [1.165, 1.54) is 23.1 Å². The zero-order chi connectivity index (χ0) is 19.8. The number of carbonyl (C=O) groups is 2. The van der Waals surface area contributed by atoms with Crippen LogP contribution in [0.15, 0.2) is 48.5 Å². The molecule has 2 aromatic rings. The number of carbonyl (C=O) groups excluding carboxylic acids is 2. The Hall–Kier alpha value is -2.38. The molecule has 1 aliphatic heterocycles. The van der Waals surface area contributed by atoms with Crippen molar-refractivity contribution < 1.29 is 18.0 Å². The maximum absolute atomic E-state index is 12.7. The van der Waals surface area contributed by atoms with Gasteiger partial charge in [-0.15, -0.1) is 0 Å². The number of hydrogen-bond acceptors (Lipinski definition) is 4. The molecule has 0 unspecified atom stereocenters. The van der Waals surface area contributed by atoms with Crippen molar-refractivity contribution >= 4 is 39.1 Å². The fourth-order valence-electron chi connectivity index (χ4n) is 3.03. The maximum Gasteiger partial charge on any atom is 0.255 e. The van der Waals surface area contributed by atoms with E-state index >= 15 is 0 Å². The molecule has 2 aromatic carbocycles. The second-order valence-electron chi connectivity index (χ2n) is 6.59. The Bertz CT molecular complexity index is 992. The lowest BCUT2D eigenvalue weighted by Gasteiger charge is -2.20. The first-order valence-electron chi connectivity index (χ1n) is 8.36. The minimum atomic E-state index is -3.72. The van der Waals surface area contributed by atoms with Crippen LogP contribution in [-0.4, -0.2) is 37.9 Å². The van der Waals surface area contributed by atoms with Gasteiger partial charge in [0, 0.05) is 13.6 Å². The Balaban J connectivity index is 1.85. The highest BCUT2D eigenvalue weighted by Gasteiger charge is 2.42. The first-order valence-corrected chi connectivity index (χ1v) is 10.3. The number of anilines is 1. The molecule has 2 amide bonds. The Morgan fingerprint density at radius 3 is 2.44 bits per heavy atom. The van der Waals surface area contributed by atoms with Gasteiger partial charge in [-0.1, -0.05) is 48.9 Å². The molecule has 0 saturated carbocycles. The highest BCUT2D eigenvalue weighted by molar-refractivity contribution is 7.94. The standard InChI is InChI=1S/C19H19ClN2O4S/c1-13-12-27(25,26)22(18(13)23)15-8-9-16(17(20)10-15)19(24)21(2)11-14-6-4-3-5-7-14/h3-10,13H,11-12H2,1-2H3/t13-/m1/s1. The molecule has 27 heavy (non-hydrogen) atoms. The number of hydrogen-bond donors (Lipinski definition) is 0. The summed E-state index contributed by atoms with van der Waals surface area (Å²) in [6.07, 6.45) is 0. The van der Waals surface area contributed by atoms with Crippen molar-refractivity contribution in [2.45, 2.75) is 13.5 Å². The highest BCUT2D eigenvalue weighted by atomic mass is 35.5. The van der Waals surface area contributed by atoms with E-state index in [0.29, 0.717) is 6.54 Å². The van der Waals surface area contributed by atoms with Gasteiger partial charge in [-0.2, -0.15) is 0 Å². The summed E-state index contributed by atoms with van der Waals surface area (Å²) in [6, 6.07) is 13.7. The summed E-state index contributed by atoms with van der Waals surface area (Å²) in [5.41, 5.74) is 1.37. The zero-order valence-corrected chi connectivity index (χ0v) is 16.5. The summed E-state index contributed by atoms with van der Waals surface area (Å²) >= 11 is 6.25. The van der Waals surface area contributed by atoms with E-state index in [1.54, 1.807) is 14.0 Å². The van der Waals surface area contributed by atoms with Gasteiger partial charge in [0.05, 0.1) is 27.9 Å². The third-order valence-electron chi connectivity index (χ3n) is 4.39. The van der Waals surface area contributed by atoms with Crippen molar-refractivity contribution in [1.29, 1.82) is 0 Å². The predicted molar refractivity (Wildman–Crippen MR) is 104 cm³/mol. The van der Waals surface area contributed by atoms with E-state index in [9.17, 15) is 18.0 Å². The Kier molecular flexibility index (Phi) is 5.26. The van der Waals surface area contributed by atoms with Crippen LogP contribution in [0.4, 0.5) is 5.69 Å². The number of rotatable bonds is 4. The lowest BCUT2D eigenvalue weighted by molar-refractivity contribution is -0.119. The monoisotopic (exact) mass is 406 g/mol. The van der Waals surface area contributed by atoms with Crippen molar-refractivity contribution in [2.75, 3.05) is 17.1 Å². The molecule has 1 saturated heterocycles. The van der Waals surface area contributed by atoms with Crippen molar-refractivity contribution in [3.05, 3.63) is 64.7 Å². The van der Waals surface area contributed by atoms with Crippen molar-refractivity contribution in [3.63, 3.8) is 0 Å². The molecule has 1 heterocycles. The average Bonchev–Trinajstić information content (AvgIpc) is 2.82. The van der Waals surface area contributed by atoms with Crippen LogP contribution in [0.2, 0.25) is 5.02 Å². The first kappa shape index (κ1) is 19.4. The van der Waals surface area contributed by atoms with Gasteiger partial charge < -0.3 is 4.90 Å². The van der Waals surface area contributed by atoms with E-state index in [-0.39, 0.29) is 27.9 Å². The predicted octanol–water partition coefficient (Wildman–Crippen LogP) is 2.92. The van der Waals surface area contributed by atoms with Crippen LogP contribution in [0, 0.1) is 5.92 Å². The second kappa shape index (κ2) is 7.32. The van der Waals surface area contributed by atoms with Gasteiger partial charge in [-0.25, -0.2) is 12.7 Å². The van der Waals surface area contributed by atoms with Gasteiger partial charge in [0.15, 0.2) is 0 Å². The molecular formula is C19H19ClN2O4S. The molecule has 142 valence electrons. The quantitative estimate of drug-likeness (QED) is 0.782. The smallest absolute Gasteiger partial charge is 0.255 e. The lowest BCUT2D eigenvalue weighted by atomic mass is 10.1. The minimum Gasteiger partial charge on any atom is -0.337 e. The minimum absolute atomic E-state index is 0.0972. The number of amides is 2. The molecule has 0 aromatic heterocycles. The summed E-state index contributed by atoms with van der Waals surface area (Å²) in [5, 5.41) is 0.0972. The molecule has 1 atom stereocenters. The maximum atomic E-state index is 12.7. The van der Waals surface area contributed by atoms with Crippen molar-refractivity contribution in [2.24, 2.45) is 5.92 Å². The van der Waals surface area contributed by atoms with E-state index < -0.39 is 21.8 Å². The number of benzene rings is 2. The molecule has 0 N–H and O–H groups in total. The first-order chi connectivity index (χ1) is 12.7. The Morgan fingerprint density at radius 2 is 1.89 bits per heavy atom. The van der Waals surface area contributed by atoms with Crippen LogP contribution in [-0.2, 0) is 21.4 Å². The van der Waals surface area contributed by atoms with Gasteiger partial charge in [0.25, 0.3) is 5.91 Å². The molecule has 8 heteroatoms. The van der Waals surface area contributed by atoms with E-state index in [1.807, 2.05) is 30.3 Å². The summed E-state index contributed by atoms with van der Waals surface area (Å²) in [4.78, 5) is 26.4. The number of halogens is 1. The van der Waals surface area contributed by atoms with Gasteiger partial charge in [0.1, 0.15) is 0 Å². The molecule has 0 spiro atoms. The van der Waals surface area contributed by atoms with Crippen LogP contribution < -0.4 is 4.31 Å². The molecule has 0 bridgehead atoms. The topological polar surface area (TPSA) is 74.8 Å². The third-order valence-corrected chi connectivity index (χ3v) is 6.57. The SMILES string of the molecule is C[C@@H]1CS(=O)(=O)N(c2ccc(C(=O)N(C)Cc3ccccc3)c(Cl)c2)C1=O. The fraction of sp³-hybridized carbons (Fsp3) is 0.263. The number of nitrogens with zero attached hydrogens (tertiary/aromatic N) is 2. The summed E-state index contributed by atoms with van der Waals surface area (Å²) in [5.74, 6) is -1.62. The molecule has 1 fully saturated rings. The summed E-state index contributed by atoms with van der Waals surface area (Å²) in [7, 11) is -2.05. The van der Waals surface area contributed by atoms with Gasteiger partial charge in [0.2, 0.25) is 15.9 Å². The largest absolute Gasteiger partial charge is 0.337 e. The third kappa shape index (κ3) is 3.84.